The molecule has 4 aliphatic carbocycles. The summed E-state index contributed by atoms with van der Waals surface area (Å²) >= 11 is 0. The third-order valence-electron chi connectivity index (χ3n) is 8.28. The highest BCUT2D eigenvalue weighted by molar-refractivity contribution is 5.87. The molecule has 0 aromatic carbocycles. The van der Waals surface area contributed by atoms with Crippen LogP contribution in [0, 0.1) is 34.5 Å². The van der Waals surface area contributed by atoms with Crippen molar-refractivity contribution in [3.63, 3.8) is 0 Å². The molecule has 4 fully saturated rings. The highest BCUT2D eigenvalue weighted by Gasteiger charge is 2.63. The van der Waals surface area contributed by atoms with Gasteiger partial charge in [-0.3, -0.25) is 4.79 Å². The van der Waals surface area contributed by atoms with E-state index in [0.717, 1.165) is 38.5 Å². The Bertz CT molecular complexity index is 489. The third-order valence-corrected chi connectivity index (χ3v) is 8.28. The SMILES string of the molecule is C[C@]12CC[C@@H](O)C[C@@H]1CC[C@@H]1[C@@H]2[C@H](O)C[C@]2(C)C(=O)CC[C@@H]12. The number of carbonyl (C=O) groups excluding carboxylic acids is 1. The second-order valence-electron chi connectivity index (χ2n) is 9.16. The van der Waals surface area contributed by atoms with E-state index >= 15 is 0 Å². The monoisotopic (exact) mass is 306 g/mol. The molecule has 0 bridgehead atoms. The van der Waals surface area contributed by atoms with Crippen molar-refractivity contribution in [1.29, 1.82) is 0 Å². The summed E-state index contributed by atoms with van der Waals surface area (Å²) in [6.07, 6.45) is 7.08. The normalized spacial score (nSPS) is 57.9. The number of aliphatic hydroxyl groups is 2. The van der Waals surface area contributed by atoms with Crippen LogP contribution >= 0.6 is 0 Å². The van der Waals surface area contributed by atoms with E-state index in [2.05, 4.69) is 13.8 Å². The largest absolute Gasteiger partial charge is 0.393 e. The van der Waals surface area contributed by atoms with Crippen LogP contribution in [-0.2, 0) is 4.79 Å². The summed E-state index contributed by atoms with van der Waals surface area (Å²) in [5, 5.41) is 21.0. The maximum absolute atomic E-state index is 12.4. The van der Waals surface area contributed by atoms with Crippen LogP contribution in [0.4, 0.5) is 0 Å². The Labute approximate surface area is 133 Å². The fraction of sp³-hybridized carbons (Fsp3) is 0.947. The van der Waals surface area contributed by atoms with Crippen molar-refractivity contribution in [2.45, 2.75) is 77.4 Å². The van der Waals surface area contributed by atoms with Crippen LogP contribution in [0.1, 0.15) is 65.2 Å². The molecule has 3 heteroatoms. The predicted octanol–water partition coefficient (Wildman–Crippen LogP) is 2.93. The molecular formula is C19H30O3. The first-order chi connectivity index (χ1) is 10.4. The van der Waals surface area contributed by atoms with Crippen molar-refractivity contribution in [2.75, 3.05) is 0 Å². The predicted molar refractivity (Wildman–Crippen MR) is 84.1 cm³/mol. The van der Waals surface area contributed by atoms with Gasteiger partial charge in [0.2, 0.25) is 0 Å². The number of carbonyl (C=O) groups is 1. The van der Waals surface area contributed by atoms with Gasteiger partial charge in [-0.15, -0.1) is 0 Å². The van der Waals surface area contributed by atoms with Gasteiger partial charge < -0.3 is 10.2 Å². The first kappa shape index (κ1) is 15.1. The molecule has 0 aliphatic heterocycles. The summed E-state index contributed by atoms with van der Waals surface area (Å²) in [6, 6.07) is 0. The fourth-order valence-corrected chi connectivity index (χ4v) is 7.13. The Balaban J connectivity index is 1.69. The summed E-state index contributed by atoms with van der Waals surface area (Å²) in [5.74, 6) is 2.27. The first-order valence-corrected chi connectivity index (χ1v) is 9.25. The van der Waals surface area contributed by atoms with Gasteiger partial charge in [-0.2, -0.15) is 0 Å². The summed E-state index contributed by atoms with van der Waals surface area (Å²) in [4.78, 5) is 12.4. The number of ketones is 1. The number of hydrogen-bond acceptors (Lipinski definition) is 3. The number of aliphatic hydroxyl groups excluding tert-OH is 2. The summed E-state index contributed by atoms with van der Waals surface area (Å²) in [5.41, 5.74) is -0.105. The van der Waals surface area contributed by atoms with Gasteiger partial charge in [0.15, 0.2) is 0 Å². The maximum Gasteiger partial charge on any atom is 0.139 e. The third kappa shape index (κ3) is 1.84. The van der Waals surface area contributed by atoms with E-state index in [1.54, 1.807) is 0 Å². The number of rotatable bonds is 0. The molecule has 8 atom stereocenters. The van der Waals surface area contributed by atoms with E-state index in [1.165, 1.54) is 6.42 Å². The molecule has 0 amide bonds. The summed E-state index contributed by atoms with van der Waals surface area (Å²) in [7, 11) is 0. The lowest BCUT2D eigenvalue weighted by atomic mass is 9.44. The van der Waals surface area contributed by atoms with Crippen LogP contribution in [0.2, 0.25) is 0 Å². The molecule has 4 saturated carbocycles. The minimum Gasteiger partial charge on any atom is -0.393 e. The Kier molecular flexibility index (Phi) is 3.30. The molecule has 4 rings (SSSR count). The van der Waals surface area contributed by atoms with E-state index in [1.807, 2.05) is 0 Å². The van der Waals surface area contributed by atoms with Gasteiger partial charge in [0.1, 0.15) is 5.78 Å². The Morgan fingerprint density at radius 3 is 2.64 bits per heavy atom. The lowest BCUT2D eigenvalue weighted by Gasteiger charge is -2.61. The molecule has 124 valence electrons. The minimum atomic E-state index is -0.337. The van der Waals surface area contributed by atoms with E-state index < -0.39 is 0 Å². The maximum atomic E-state index is 12.4. The van der Waals surface area contributed by atoms with Gasteiger partial charge in [0.25, 0.3) is 0 Å². The average molecular weight is 306 g/mol. The molecule has 0 aromatic rings. The van der Waals surface area contributed by atoms with Gasteiger partial charge in [0.05, 0.1) is 12.2 Å². The van der Waals surface area contributed by atoms with Crippen LogP contribution in [0.15, 0.2) is 0 Å². The average Bonchev–Trinajstić information content (AvgIpc) is 2.75. The van der Waals surface area contributed by atoms with Gasteiger partial charge in [-0.05, 0) is 74.0 Å². The Morgan fingerprint density at radius 2 is 1.86 bits per heavy atom. The van der Waals surface area contributed by atoms with Crippen molar-refractivity contribution in [3.8, 4) is 0 Å². The van der Waals surface area contributed by atoms with Crippen LogP contribution < -0.4 is 0 Å². The Hall–Kier alpha value is -0.410. The number of Topliss-reactive ketones (excluding diaryl/α,β-unsaturated/α-hetero) is 1. The molecule has 0 radical (unpaired) electrons. The molecule has 4 aliphatic rings. The smallest absolute Gasteiger partial charge is 0.139 e. The van der Waals surface area contributed by atoms with E-state index in [0.29, 0.717) is 35.9 Å². The zero-order chi connectivity index (χ0) is 15.7. The van der Waals surface area contributed by atoms with Gasteiger partial charge >= 0.3 is 0 Å². The molecule has 0 heterocycles. The zero-order valence-electron chi connectivity index (χ0n) is 13.9. The molecule has 0 aromatic heterocycles. The van der Waals surface area contributed by atoms with E-state index in [-0.39, 0.29) is 23.0 Å². The molecule has 2 N–H and O–H groups in total. The van der Waals surface area contributed by atoms with Crippen LogP contribution in [0.25, 0.3) is 0 Å². The minimum absolute atomic E-state index is 0.145. The fourth-order valence-electron chi connectivity index (χ4n) is 7.13. The molecular weight excluding hydrogens is 276 g/mol. The van der Waals surface area contributed by atoms with E-state index in [9.17, 15) is 15.0 Å². The van der Waals surface area contributed by atoms with Crippen LogP contribution in [0.3, 0.4) is 0 Å². The van der Waals surface area contributed by atoms with Gasteiger partial charge in [-0.1, -0.05) is 13.8 Å². The van der Waals surface area contributed by atoms with Crippen LogP contribution in [0.5, 0.6) is 0 Å². The van der Waals surface area contributed by atoms with Crippen LogP contribution in [-0.4, -0.2) is 28.2 Å². The molecule has 0 saturated heterocycles. The second kappa shape index (κ2) is 4.80. The zero-order valence-corrected chi connectivity index (χ0v) is 13.9. The standard InChI is InChI=1S/C19H30O3/c1-18-8-7-12(20)9-11(18)3-4-13-14-5-6-16(22)19(14,2)10-15(21)17(13)18/h11-15,17,20-21H,3-10H2,1-2H3/t11-,12+,13-,14-,15+,17+,18-,19-/m0/s1. The molecule has 22 heavy (non-hydrogen) atoms. The van der Waals surface area contributed by atoms with Gasteiger partial charge in [-0.25, -0.2) is 0 Å². The number of hydrogen-bond donors (Lipinski definition) is 2. The highest BCUT2D eigenvalue weighted by atomic mass is 16.3. The van der Waals surface area contributed by atoms with Crippen molar-refractivity contribution >= 4 is 5.78 Å². The van der Waals surface area contributed by atoms with Crippen molar-refractivity contribution in [2.24, 2.45) is 34.5 Å². The highest BCUT2D eigenvalue weighted by Crippen LogP contribution is 2.65. The number of fused-ring (bicyclic) bond motifs is 5. The van der Waals surface area contributed by atoms with Crippen molar-refractivity contribution in [1.82, 2.24) is 0 Å². The van der Waals surface area contributed by atoms with Crippen molar-refractivity contribution < 1.29 is 15.0 Å². The van der Waals surface area contributed by atoms with Gasteiger partial charge in [0, 0.05) is 11.8 Å². The lowest BCUT2D eigenvalue weighted by molar-refractivity contribution is -0.175. The summed E-state index contributed by atoms with van der Waals surface area (Å²) < 4.78 is 0. The quantitative estimate of drug-likeness (QED) is 0.723. The van der Waals surface area contributed by atoms with Crippen molar-refractivity contribution in [3.05, 3.63) is 0 Å². The Morgan fingerprint density at radius 1 is 1.09 bits per heavy atom. The molecule has 0 unspecified atom stereocenters. The second-order valence-corrected chi connectivity index (χ2v) is 9.16. The molecule has 3 nitrogen and oxygen atoms in total. The molecule has 0 spiro atoms. The summed E-state index contributed by atoms with van der Waals surface area (Å²) in [6.45, 7) is 4.48. The topological polar surface area (TPSA) is 57.5 Å². The van der Waals surface area contributed by atoms with E-state index in [4.69, 9.17) is 0 Å². The first-order valence-electron chi connectivity index (χ1n) is 9.25. The lowest BCUT2D eigenvalue weighted by Crippen LogP contribution is -2.59.